The SMILES string of the molecule is CN1CCC/C=C\[C@H](O)[C@@H]2CC[C@H]2CN2CCCCc3cc(Cl)ccc3COc3ccc(cc32)[C@](O)(C(=O)O)CC1=O. The Labute approximate surface area is 252 Å². The number of carboxylic acid groups (broad SMARTS) is 1. The van der Waals surface area contributed by atoms with Crippen LogP contribution in [0.3, 0.4) is 0 Å². The Morgan fingerprint density at radius 2 is 1.90 bits per heavy atom. The first-order valence-corrected chi connectivity index (χ1v) is 15.4. The quantitative estimate of drug-likeness (QED) is 0.401. The Kier molecular flexibility index (Phi) is 9.45. The molecule has 2 aliphatic heterocycles. The third-order valence-corrected chi connectivity index (χ3v) is 9.44. The van der Waals surface area contributed by atoms with Crippen LogP contribution in [-0.2, 0) is 28.2 Å². The number of carbonyl (C=O) groups is 2. The molecule has 5 rings (SSSR count). The van der Waals surface area contributed by atoms with Crippen LogP contribution in [0.2, 0.25) is 5.02 Å². The predicted molar refractivity (Wildman–Crippen MR) is 162 cm³/mol. The predicted octanol–water partition coefficient (Wildman–Crippen LogP) is 4.92. The summed E-state index contributed by atoms with van der Waals surface area (Å²) in [6.45, 7) is 2.09. The molecule has 0 aromatic heterocycles. The topological polar surface area (TPSA) is 111 Å². The third kappa shape index (κ3) is 6.61. The number of carboxylic acids is 1. The number of fused-ring (bicyclic) bond motifs is 3. The summed E-state index contributed by atoms with van der Waals surface area (Å²) in [5.74, 6) is -0.960. The summed E-state index contributed by atoms with van der Waals surface area (Å²) < 4.78 is 6.39. The van der Waals surface area contributed by atoms with E-state index in [-0.39, 0.29) is 17.4 Å². The van der Waals surface area contributed by atoms with Gasteiger partial charge in [0.05, 0.1) is 18.2 Å². The van der Waals surface area contributed by atoms with E-state index in [2.05, 4.69) is 4.90 Å². The molecule has 3 N–H and O–H groups in total. The van der Waals surface area contributed by atoms with Crippen LogP contribution in [0.1, 0.15) is 61.6 Å². The van der Waals surface area contributed by atoms with Crippen molar-refractivity contribution in [3.05, 3.63) is 70.3 Å². The molecule has 3 aliphatic rings. The Morgan fingerprint density at radius 3 is 2.67 bits per heavy atom. The maximum Gasteiger partial charge on any atom is 0.340 e. The fourth-order valence-electron chi connectivity index (χ4n) is 6.35. The van der Waals surface area contributed by atoms with Crippen LogP contribution in [0, 0.1) is 11.8 Å². The number of aliphatic hydroxyl groups excluding tert-OH is 1. The van der Waals surface area contributed by atoms with Crippen LogP contribution in [0.15, 0.2) is 48.6 Å². The lowest BCUT2D eigenvalue weighted by Gasteiger charge is -2.42. The first-order valence-electron chi connectivity index (χ1n) is 15.0. The average molecular weight is 597 g/mol. The molecule has 2 aromatic carbocycles. The fourth-order valence-corrected chi connectivity index (χ4v) is 6.55. The number of halogens is 1. The number of ether oxygens (including phenoxy) is 1. The molecule has 2 bridgehead atoms. The molecule has 0 saturated heterocycles. The van der Waals surface area contributed by atoms with Gasteiger partial charge in [-0.2, -0.15) is 0 Å². The van der Waals surface area contributed by atoms with Gasteiger partial charge in [-0.05, 0) is 97.7 Å². The first-order chi connectivity index (χ1) is 20.2. The molecule has 9 heteroatoms. The van der Waals surface area contributed by atoms with Gasteiger partial charge in [-0.3, -0.25) is 4.79 Å². The summed E-state index contributed by atoms with van der Waals surface area (Å²) in [5.41, 5.74) is 0.614. The maximum absolute atomic E-state index is 13.1. The molecule has 2 aromatic rings. The van der Waals surface area contributed by atoms with E-state index in [0.29, 0.717) is 55.5 Å². The van der Waals surface area contributed by atoms with E-state index in [1.165, 1.54) is 4.90 Å². The molecular formula is C33H41ClN2O6. The Balaban J connectivity index is 1.57. The van der Waals surface area contributed by atoms with Crippen molar-refractivity contribution < 1.29 is 29.6 Å². The van der Waals surface area contributed by atoms with Gasteiger partial charge in [0.15, 0.2) is 5.60 Å². The number of aryl methyl sites for hydroxylation is 1. The number of hydrogen-bond donors (Lipinski definition) is 3. The van der Waals surface area contributed by atoms with Crippen molar-refractivity contribution in [1.29, 1.82) is 0 Å². The van der Waals surface area contributed by atoms with Gasteiger partial charge >= 0.3 is 5.97 Å². The minimum Gasteiger partial charge on any atom is -0.487 e. The lowest BCUT2D eigenvalue weighted by molar-refractivity contribution is -0.164. The zero-order chi connectivity index (χ0) is 29.9. The molecule has 0 unspecified atom stereocenters. The summed E-state index contributed by atoms with van der Waals surface area (Å²) in [4.78, 5) is 29.3. The summed E-state index contributed by atoms with van der Waals surface area (Å²) in [5, 5.41) is 33.4. The van der Waals surface area contributed by atoms with Crippen molar-refractivity contribution in [2.75, 3.05) is 31.6 Å². The highest BCUT2D eigenvalue weighted by Crippen LogP contribution is 2.42. The van der Waals surface area contributed by atoms with E-state index in [1.54, 1.807) is 25.2 Å². The van der Waals surface area contributed by atoms with Crippen LogP contribution in [0.5, 0.6) is 5.75 Å². The summed E-state index contributed by atoms with van der Waals surface area (Å²) in [7, 11) is 1.62. The van der Waals surface area contributed by atoms with Gasteiger partial charge in [0.25, 0.3) is 0 Å². The standard InChI is InChI=1S/C33H41ClN2O6/c1-35-15-5-2-3-8-29(37)27-13-10-23(27)20-36-16-6-4-7-22-17-26(34)12-9-24(22)21-42-30-14-11-25(18-28(30)36)33(41,32(39)40)19-31(35)38/h3,8-9,11-12,14,17-18,23,27,29,37,41H,2,4-7,10,13,15-16,19-21H2,1H3,(H,39,40)/b8-3-/t23-,27+,29-,33-/m0/s1. The normalized spacial score (nSPS) is 28.2. The Morgan fingerprint density at radius 1 is 1.07 bits per heavy atom. The number of benzene rings is 2. The molecule has 4 atom stereocenters. The summed E-state index contributed by atoms with van der Waals surface area (Å²) in [6.07, 6.45) is 8.69. The number of allylic oxidation sites excluding steroid dienone is 1. The molecule has 0 radical (unpaired) electrons. The number of anilines is 1. The van der Waals surface area contributed by atoms with Crippen molar-refractivity contribution in [3.63, 3.8) is 0 Å². The minimum absolute atomic E-state index is 0.134. The van der Waals surface area contributed by atoms with Gasteiger partial charge in [0.2, 0.25) is 5.91 Å². The van der Waals surface area contributed by atoms with Gasteiger partial charge in [-0.15, -0.1) is 0 Å². The summed E-state index contributed by atoms with van der Waals surface area (Å²) in [6, 6.07) is 10.8. The Hall–Kier alpha value is -3.07. The molecule has 1 saturated carbocycles. The third-order valence-electron chi connectivity index (χ3n) is 9.21. The Bertz CT molecular complexity index is 1330. The first kappa shape index (κ1) is 30.4. The van der Waals surface area contributed by atoms with E-state index in [1.807, 2.05) is 30.4 Å². The largest absolute Gasteiger partial charge is 0.487 e. The van der Waals surface area contributed by atoms with Crippen LogP contribution in [0.25, 0.3) is 0 Å². The molecule has 8 nitrogen and oxygen atoms in total. The number of carbonyl (C=O) groups excluding carboxylic acids is 1. The molecule has 1 fully saturated rings. The van der Waals surface area contributed by atoms with Crippen molar-refractivity contribution in [3.8, 4) is 5.75 Å². The van der Waals surface area contributed by atoms with Gasteiger partial charge in [0, 0.05) is 31.7 Å². The maximum atomic E-state index is 13.1. The smallest absolute Gasteiger partial charge is 0.340 e. The molecule has 1 aliphatic carbocycles. The number of aliphatic hydroxyl groups is 2. The van der Waals surface area contributed by atoms with Crippen LogP contribution >= 0.6 is 11.6 Å². The highest BCUT2D eigenvalue weighted by atomic mass is 35.5. The monoisotopic (exact) mass is 596 g/mol. The van der Waals surface area contributed by atoms with Gasteiger partial charge in [-0.25, -0.2) is 4.79 Å². The second-order valence-electron chi connectivity index (χ2n) is 12.0. The molecule has 42 heavy (non-hydrogen) atoms. The zero-order valence-corrected chi connectivity index (χ0v) is 24.9. The van der Waals surface area contributed by atoms with Crippen LogP contribution in [-0.4, -0.2) is 64.9 Å². The van der Waals surface area contributed by atoms with Gasteiger partial charge in [0.1, 0.15) is 12.4 Å². The number of amides is 1. The van der Waals surface area contributed by atoms with Gasteiger partial charge < -0.3 is 29.9 Å². The molecule has 0 spiro atoms. The number of nitrogens with zero attached hydrogens (tertiary/aromatic N) is 2. The zero-order valence-electron chi connectivity index (χ0n) is 24.2. The molecule has 1 amide bonds. The minimum atomic E-state index is -2.40. The molecule has 2 heterocycles. The average Bonchev–Trinajstić information content (AvgIpc) is 2.97. The lowest BCUT2D eigenvalue weighted by Crippen LogP contribution is -2.44. The van der Waals surface area contributed by atoms with E-state index in [0.717, 1.165) is 43.2 Å². The highest BCUT2D eigenvalue weighted by Gasteiger charge is 2.42. The number of aliphatic carboxylic acids is 1. The number of rotatable bonds is 1. The van der Waals surface area contributed by atoms with Crippen molar-refractivity contribution in [2.24, 2.45) is 11.8 Å². The molecular weight excluding hydrogens is 556 g/mol. The molecule has 226 valence electrons. The van der Waals surface area contributed by atoms with E-state index in [4.69, 9.17) is 16.3 Å². The lowest BCUT2D eigenvalue weighted by atomic mass is 9.70. The van der Waals surface area contributed by atoms with Gasteiger partial charge in [-0.1, -0.05) is 35.9 Å². The van der Waals surface area contributed by atoms with Crippen molar-refractivity contribution >= 4 is 29.2 Å². The second kappa shape index (κ2) is 13.1. The van der Waals surface area contributed by atoms with E-state index in [9.17, 15) is 24.9 Å². The van der Waals surface area contributed by atoms with Crippen LogP contribution in [0.4, 0.5) is 5.69 Å². The van der Waals surface area contributed by atoms with E-state index < -0.39 is 30.0 Å². The fraction of sp³-hybridized carbons (Fsp3) is 0.515. The number of hydrogen-bond acceptors (Lipinski definition) is 6. The summed E-state index contributed by atoms with van der Waals surface area (Å²) >= 11 is 6.30. The van der Waals surface area contributed by atoms with Crippen molar-refractivity contribution in [2.45, 2.75) is 69.7 Å². The van der Waals surface area contributed by atoms with Crippen LogP contribution < -0.4 is 9.64 Å². The second-order valence-corrected chi connectivity index (χ2v) is 12.4. The highest BCUT2D eigenvalue weighted by molar-refractivity contribution is 6.30. The van der Waals surface area contributed by atoms with Crippen molar-refractivity contribution in [1.82, 2.24) is 4.90 Å². The van der Waals surface area contributed by atoms with E-state index >= 15 is 0 Å².